The van der Waals surface area contributed by atoms with E-state index in [4.69, 9.17) is 4.42 Å². The molecule has 0 bridgehead atoms. The Morgan fingerprint density at radius 1 is 0.755 bits per heavy atom. The van der Waals surface area contributed by atoms with Gasteiger partial charge in [0.2, 0.25) is 0 Å². The Morgan fingerprint density at radius 3 is 2.18 bits per heavy atom. The minimum Gasteiger partial charge on any atom is -0.500 e. The number of pyridine rings is 2. The first kappa shape index (κ1) is 36.1. The molecule has 0 saturated carbocycles. The summed E-state index contributed by atoms with van der Waals surface area (Å²) in [7, 11) is -1.25. The number of fused-ring (bicyclic) bond motifs is 3. The van der Waals surface area contributed by atoms with Crippen molar-refractivity contribution in [3.63, 3.8) is 0 Å². The molecule has 7 aromatic rings. The molecule has 251 valence electrons. The second-order valence-electron chi connectivity index (χ2n) is 14.3. The van der Waals surface area contributed by atoms with Gasteiger partial charge in [0.15, 0.2) is 0 Å². The molecule has 3 heterocycles. The molecule has 7 rings (SSSR count). The van der Waals surface area contributed by atoms with Crippen LogP contribution in [0.4, 0.5) is 0 Å². The molecule has 4 aromatic carbocycles. The molecule has 0 N–H and O–H groups in total. The van der Waals surface area contributed by atoms with E-state index in [2.05, 4.69) is 155 Å². The van der Waals surface area contributed by atoms with Crippen molar-refractivity contribution < 1.29 is 24.5 Å². The van der Waals surface area contributed by atoms with E-state index in [0.29, 0.717) is 5.92 Å². The molecule has 0 saturated heterocycles. The van der Waals surface area contributed by atoms with E-state index in [-0.39, 0.29) is 20.1 Å². The van der Waals surface area contributed by atoms with Crippen molar-refractivity contribution >= 4 is 35.2 Å². The van der Waals surface area contributed by atoms with Crippen LogP contribution >= 0.6 is 0 Å². The minimum atomic E-state index is -1.25. The van der Waals surface area contributed by atoms with E-state index in [1.165, 1.54) is 27.4 Å². The van der Waals surface area contributed by atoms with Crippen LogP contribution in [-0.4, -0.2) is 18.0 Å². The number of aryl methyl sites for hydroxylation is 3. The Balaban J connectivity index is 0.000000212. The van der Waals surface area contributed by atoms with E-state index in [1.807, 2.05) is 24.5 Å². The third-order valence-electron chi connectivity index (χ3n) is 8.88. The standard InChI is InChI=1S/C28H24NO.C16H20NSi.Ir/c1-18(2)16-20-14-15-29-26(17-20)25-9-5-8-24-23-7-4-6-22(27(23)30-28(24)25)21-12-10-19(3)11-13-21;1-12-6-7-14(10-13(12)2)16-9-8-15(11-17-16)18(3,4)5;/h4-8,10-15,17-18H,16H2,1-3H3;6,8-11H,1-5H3;/q2*-1;. The smallest absolute Gasteiger partial charge is 0.128 e. The van der Waals surface area contributed by atoms with Crippen LogP contribution in [0.1, 0.15) is 36.1 Å². The monoisotopic (exact) mass is 837 g/mol. The molecule has 0 spiro atoms. The maximum Gasteiger partial charge on any atom is 0.128 e. The number of hydrogen-bond donors (Lipinski definition) is 0. The fourth-order valence-electron chi connectivity index (χ4n) is 5.94. The molecule has 49 heavy (non-hydrogen) atoms. The SMILES string of the molecule is Cc1c[c-]c(-c2ccc([Si](C)(C)C)cn2)cc1C.Cc1ccc(-c2cccc3c2oc2c(-c4cc(CC(C)C)ccn4)[c-]ccc23)cc1.[Ir]. The summed E-state index contributed by atoms with van der Waals surface area (Å²) in [5.41, 5.74) is 13.1. The van der Waals surface area contributed by atoms with Crippen LogP contribution in [0.15, 0.2) is 108 Å². The van der Waals surface area contributed by atoms with Gasteiger partial charge in [-0.3, -0.25) is 0 Å². The molecule has 0 unspecified atom stereocenters. The van der Waals surface area contributed by atoms with Crippen molar-refractivity contribution in [2.45, 2.75) is 60.7 Å². The molecule has 3 aromatic heterocycles. The van der Waals surface area contributed by atoms with Gasteiger partial charge >= 0.3 is 0 Å². The topological polar surface area (TPSA) is 38.9 Å². The molecule has 5 heteroatoms. The summed E-state index contributed by atoms with van der Waals surface area (Å²) >= 11 is 0. The average molecular weight is 837 g/mol. The molecule has 1 radical (unpaired) electrons. The normalized spacial score (nSPS) is 11.4. The number of nitrogens with zero attached hydrogens (tertiary/aromatic N) is 2. The van der Waals surface area contributed by atoms with Gasteiger partial charge in [-0.2, -0.15) is 0 Å². The summed E-state index contributed by atoms with van der Waals surface area (Å²) in [4.78, 5) is 9.23. The molecule has 0 amide bonds. The van der Waals surface area contributed by atoms with Crippen molar-refractivity contribution in [1.29, 1.82) is 0 Å². The minimum absolute atomic E-state index is 0. The van der Waals surface area contributed by atoms with Crippen LogP contribution in [0.2, 0.25) is 19.6 Å². The van der Waals surface area contributed by atoms with Crippen molar-refractivity contribution in [2.75, 3.05) is 0 Å². The van der Waals surface area contributed by atoms with Gasteiger partial charge in [-0.25, -0.2) is 0 Å². The number of aromatic nitrogens is 2. The largest absolute Gasteiger partial charge is 0.500 e. The third-order valence-corrected chi connectivity index (χ3v) is 10.9. The summed E-state index contributed by atoms with van der Waals surface area (Å²) in [6, 6.07) is 38.5. The number of para-hydroxylation sites is 1. The van der Waals surface area contributed by atoms with Crippen LogP contribution in [0.25, 0.3) is 55.6 Å². The van der Waals surface area contributed by atoms with Gasteiger partial charge in [-0.1, -0.05) is 130 Å². The van der Waals surface area contributed by atoms with E-state index in [0.717, 1.165) is 62.0 Å². The van der Waals surface area contributed by atoms with Gasteiger partial charge in [0, 0.05) is 43.4 Å². The van der Waals surface area contributed by atoms with Gasteiger partial charge in [-0.05, 0) is 47.5 Å². The predicted octanol–water partition coefficient (Wildman–Crippen LogP) is 11.3. The molecular weight excluding hydrogens is 793 g/mol. The van der Waals surface area contributed by atoms with Crippen LogP contribution in [0.5, 0.6) is 0 Å². The summed E-state index contributed by atoms with van der Waals surface area (Å²) in [6.07, 6.45) is 4.95. The average Bonchev–Trinajstić information content (AvgIpc) is 3.46. The fourth-order valence-corrected chi connectivity index (χ4v) is 6.98. The van der Waals surface area contributed by atoms with Crippen molar-refractivity contribution in [1.82, 2.24) is 9.97 Å². The van der Waals surface area contributed by atoms with Crippen molar-refractivity contribution in [3.8, 4) is 33.6 Å². The summed E-state index contributed by atoms with van der Waals surface area (Å²) in [6.45, 7) is 17.8. The molecule has 0 aliphatic rings. The Hall–Kier alpha value is -4.15. The molecule has 0 aliphatic carbocycles. The van der Waals surface area contributed by atoms with E-state index < -0.39 is 8.07 Å². The zero-order valence-electron chi connectivity index (χ0n) is 29.7. The maximum atomic E-state index is 6.50. The number of hydrogen-bond acceptors (Lipinski definition) is 3. The first-order valence-electron chi connectivity index (χ1n) is 16.8. The van der Waals surface area contributed by atoms with Gasteiger partial charge in [0.25, 0.3) is 0 Å². The Morgan fingerprint density at radius 2 is 1.51 bits per heavy atom. The molecular formula is C44H44IrN2OSi-2. The summed E-state index contributed by atoms with van der Waals surface area (Å²) in [5.74, 6) is 0.600. The van der Waals surface area contributed by atoms with Crippen LogP contribution < -0.4 is 5.19 Å². The molecule has 3 nitrogen and oxygen atoms in total. The number of rotatable bonds is 6. The fraction of sp³-hybridized carbons (Fsp3) is 0.227. The predicted molar refractivity (Wildman–Crippen MR) is 205 cm³/mol. The molecule has 0 aliphatic heterocycles. The van der Waals surface area contributed by atoms with Crippen LogP contribution in [0.3, 0.4) is 0 Å². The third kappa shape index (κ3) is 8.19. The van der Waals surface area contributed by atoms with Crippen LogP contribution in [0, 0.1) is 38.8 Å². The van der Waals surface area contributed by atoms with E-state index in [9.17, 15) is 0 Å². The van der Waals surface area contributed by atoms with Gasteiger partial charge in [-0.15, -0.1) is 53.1 Å². The quantitative estimate of drug-likeness (QED) is 0.124. The summed E-state index contributed by atoms with van der Waals surface area (Å²) < 4.78 is 6.50. The second kappa shape index (κ2) is 15.2. The van der Waals surface area contributed by atoms with Crippen LogP contribution in [-0.2, 0) is 26.5 Å². The first-order valence-corrected chi connectivity index (χ1v) is 20.3. The van der Waals surface area contributed by atoms with Gasteiger partial charge in [0.1, 0.15) is 5.58 Å². The maximum absolute atomic E-state index is 6.50. The Bertz CT molecular complexity index is 2190. The Labute approximate surface area is 306 Å². The van der Waals surface area contributed by atoms with Crippen molar-refractivity contribution in [3.05, 3.63) is 138 Å². The zero-order valence-corrected chi connectivity index (χ0v) is 33.1. The molecule has 0 atom stereocenters. The van der Waals surface area contributed by atoms with E-state index >= 15 is 0 Å². The second-order valence-corrected chi connectivity index (χ2v) is 19.4. The van der Waals surface area contributed by atoms with E-state index in [1.54, 1.807) is 0 Å². The molecule has 0 fully saturated rings. The van der Waals surface area contributed by atoms with Gasteiger partial charge < -0.3 is 14.4 Å². The summed E-state index contributed by atoms with van der Waals surface area (Å²) in [5, 5.41) is 3.62. The number of benzene rings is 4. The Kier molecular flexibility index (Phi) is 11.2. The van der Waals surface area contributed by atoms with Gasteiger partial charge in [0.05, 0.1) is 13.7 Å². The number of furan rings is 1. The van der Waals surface area contributed by atoms with Crippen molar-refractivity contribution in [2.24, 2.45) is 5.92 Å². The first-order chi connectivity index (χ1) is 23.0. The zero-order chi connectivity index (χ0) is 34.0.